The molecule has 4 heteroatoms. The van der Waals surface area contributed by atoms with Crippen LogP contribution in [0.25, 0.3) is 0 Å². The van der Waals surface area contributed by atoms with E-state index in [-0.39, 0.29) is 18.0 Å². The number of hydrogen-bond donors (Lipinski definition) is 2. The number of benzene rings is 2. The smallest absolute Gasteiger partial charge is 0.221 e. The number of carbonyl (C=O) groups is 1. The van der Waals surface area contributed by atoms with Gasteiger partial charge in [0, 0.05) is 19.0 Å². The van der Waals surface area contributed by atoms with Crippen molar-refractivity contribution in [3.8, 4) is 0 Å². The average molecular weight is 339 g/mol. The van der Waals surface area contributed by atoms with E-state index < -0.39 is 0 Å². The monoisotopic (exact) mass is 339 g/mol. The zero-order valence-corrected chi connectivity index (χ0v) is 15.2. The van der Waals surface area contributed by atoms with E-state index in [1.807, 2.05) is 48.5 Å². The van der Waals surface area contributed by atoms with E-state index in [2.05, 4.69) is 36.2 Å². The van der Waals surface area contributed by atoms with Crippen molar-refractivity contribution in [2.24, 2.45) is 5.73 Å². The molecule has 0 aliphatic carbocycles. The van der Waals surface area contributed by atoms with Gasteiger partial charge in [0.1, 0.15) is 0 Å². The molecule has 0 saturated heterocycles. The molecule has 0 aromatic heterocycles. The van der Waals surface area contributed by atoms with E-state index in [1.165, 1.54) is 5.56 Å². The van der Waals surface area contributed by atoms with Crippen molar-refractivity contribution < 1.29 is 4.79 Å². The fraction of sp³-hybridized carbons (Fsp3) is 0.381. The molecular weight excluding hydrogens is 310 g/mol. The van der Waals surface area contributed by atoms with Gasteiger partial charge >= 0.3 is 0 Å². The van der Waals surface area contributed by atoms with Gasteiger partial charge in [0.05, 0.1) is 6.04 Å². The van der Waals surface area contributed by atoms with Crippen LogP contribution in [-0.4, -0.2) is 30.4 Å². The van der Waals surface area contributed by atoms with Crippen molar-refractivity contribution in [2.75, 3.05) is 19.6 Å². The fourth-order valence-electron chi connectivity index (χ4n) is 3.10. The molecule has 0 aliphatic rings. The predicted molar refractivity (Wildman–Crippen MR) is 103 cm³/mol. The molecule has 0 bridgehead atoms. The van der Waals surface area contributed by atoms with Crippen molar-refractivity contribution in [1.82, 2.24) is 10.2 Å². The van der Waals surface area contributed by atoms with Gasteiger partial charge in [-0.15, -0.1) is 0 Å². The predicted octanol–water partition coefficient (Wildman–Crippen LogP) is 3.28. The molecule has 0 heterocycles. The molecule has 2 aromatic rings. The maximum atomic E-state index is 12.4. The van der Waals surface area contributed by atoms with Crippen LogP contribution in [0.3, 0.4) is 0 Å². The lowest BCUT2D eigenvalue weighted by molar-refractivity contribution is -0.121. The van der Waals surface area contributed by atoms with Crippen molar-refractivity contribution in [3.05, 3.63) is 71.8 Å². The summed E-state index contributed by atoms with van der Waals surface area (Å²) < 4.78 is 0. The first-order chi connectivity index (χ1) is 12.2. The quantitative estimate of drug-likeness (QED) is 0.737. The van der Waals surface area contributed by atoms with Crippen LogP contribution >= 0.6 is 0 Å². The lowest BCUT2D eigenvalue weighted by atomic mass is 10.0. The van der Waals surface area contributed by atoms with E-state index in [1.54, 1.807) is 0 Å². The number of nitrogens with one attached hydrogen (secondary N) is 1. The van der Waals surface area contributed by atoms with Crippen LogP contribution in [0.2, 0.25) is 0 Å². The van der Waals surface area contributed by atoms with E-state index in [0.29, 0.717) is 13.0 Å². The SMILES string of the molecule is CCN(CC)C(CNC(=O)CC(N)c1ccccc1)c1ccccc1. The Kier molecular flexibility index (Phi) is 7.64. The molecule has 0 radical (unpaired) electrons. The second-order valence-electron chi connectivity index (χ2n) is 6.17. The first kappa shape index (κ1) is 19.2. The Morgan fingerprint density at radius 3 is 2.00 bits per heavy atom. The molecule has 0 fully saturated rings. The lowest BCUT2D eigenvalue weighted by Gasteiger charge is -2.30. The summed E-state index contributed by atoms with van der Waals surface area (Å²) in [7, 11) is 0. The molecule has 0 aliphatic heterocycles. The third-order valence-electron chi connectivity index (χ3n) is 4.56. The summed E-state index contributed by atoms with van der Waals surface area (Å²) in [4.78, 5) is 14.7. The Labute approximate surface area is 151 Å². The molecular formula is C21H29N3O. The maximum Gasteiger partial charge on any atom is 0.221 e. The molecule has 4 nitrogen and oxygen atoms in total. The topological polar surface area (TPSA) is 58.4 Å². The van der Waals surface area contributed by atoms with E-state index in [0.717, 1.165) is 18.7 Å². The third kappa shape index (κ3) is 5.69. The van der Waals surface area contributed by atoms with Gasteiger partial charge in [0.2, 0.25) is 5.91 Å². The zero-order chi connectivity index (χ0) is 18.1. The van der Waals surface area contributed by atoms with Gasteiger partial charge in [-0.25, -0.2) is 0 Å². The molecule has 2 unspecified atom stereocenters. The van der Waals surface area contributed by atoms with E-state index in [4.69, 9.17) is 5.73 Å². The molecule has 2 rings (SSSR count). The number of hydrogen-bond acceptors (Lipinski definition) is 3. The van der Waals surface area contributed by atoms with Gasteiger partial charge in [-0.1, -0.05) is 74.5 Å². The van der Waals surface area contributed by atoms with Crippen LogP contribution < -0.4 is 11.1 Å². The number of likely N-dealkylation sites (N-methyl/N-ethyl adjacent to an activating group) is 1. The minimum atomic E-state index is -0.273. The Balaban J connectivity index is 1.96. The van der Waals surface area contributed by atoms with E-state index >= 15 is 0 Å². The second-order valence-corrected chi connectivity index (χ2v) is 6.17. The molecule has 1 amide bonds. The lowest BCUT2D eigenvalue weighted by Crippen LogP contribution is -2.38. The summed E-state index contributed by atoms with van der Waals surface area (Å²) >= 11 is 0. The molecule has 2 aromatic carbocycles. The summed E-state index contributed by atoms with van der Waals surface area (Å²) in [6.07, 6.45) is 0.295. The summed E-state index contributed by atoms with van der Waals surface area (Å²) in [5, 5.41) is 3.07. The normalized spacial score (nSPS) is 13.4. The Bertz CT molecular complexity index is 626. The highest BCUT2D eigenvalue weighted by atomic mass is 16.1. The molecule has 0 spiro atoms. The standard InChI is InChI=1S/C21H29N3O/c1-3-24(4-2)20(18-13-9-6-10-14-18)16-23-21(25)15-19(22)17-11-7-5-8-12-17/h5-14,19-20H,3-4,15-16,22H2,1-2H3,(H,23,25). The largest absolute Gasteiger partial charge is 0.354 e. The molecule has 25 heavy (non-hydrogen) atoms. The van der Waals surface area contributed by atoms with Crippen LogP contribution in [0, 0.1) is 0 Å². The summed E-state index contributed by atoms with van der Waals surface area (Å²) in [6.45, 7) is 6.76. The zero-order valence-electron chi connectivity index (χ0n) is 15.2. The van der Waals surface area contributed by atoms with Crippen molar-refractivity contribution in [2.45, 2.75) is 32.4 Å². The Morgan fingerprint density at radius 2 is 1.48 bits per heavy atom. The molecule has 3 N–H and O–H groups in total. The number of nitrogens with two attached hydrogens (primary N) is 1. The number of rotatable bonds is 9. The van der Waals surface area contributed by atoms with Gasteiger partial charge in [0.25, 0.3) is 0 Å². The van der Waals surface area contributed by atoms with Crippen LogP contribution in [0.5, 0.6) is 0 Å². The van der Waals surface area contributed by atoms with Crippen LogP contribution in [0.1, 0.15) is 43.5 Å². The minimum absolute atomic E-state index is 0.00978. The highest BCUT2D eigenvalue weighted by molar-refractivity contribution is 5.76. The third-order valence-corrected chi connectivity index (χ3v) is 4.56. The molecule has 2 atom stereocenters. The molecule has 134 valence electrons. The first-order valence-corrected chi connectivity index (χ1v) is 9.01. The molecule has 0 saturated carbocycles. The number of nitrogens with zero attached hydrogens (tertiary/aromatic N) is 1. The Hall–Kier alpha value is -2.17. The van der Waals surface area contributed by atoms with Gasteiger partial charge in [-0.3, -0.25) is 9.69 Å². The van der Waals surface area contributed by atoms with Crippen LogP contribution in [-0.2, 0) is 4.79 Å². The van der Waals surface area contributed by atoms with E-state index in [9.17, 15) is 4.79 Å². The minimum Gasteiger partial charge on any atom is -0.354 e. The average Bonchev–Trinajstić information content (AvgIpc) is 2.66. The first-order valence-electron chi connectivity index (χ1n) is 9.01. The van der Waals surface area contributed by atoms with Crippen molar-refractivity contribution in [3.63, 3.8) is 0 Å². The second kappa shape index (κ2) is 9.97. The van der Waals surface area contributed by atoms with Crippen LogP contribution in [0.15, 0.2) is 60.7 Å². The highest BCUT2D eigenvalue weighted by Crippen LogP contribution is 2.20. The van der Waals surface area contributed by atoms with Gasteiger partial charge in [-0.2, -0.15) is 0 Å². The van der Waals surface area contributed by atoms with Crippen molar-refractivity contribution in [1.29, 1.82) is 0 Å². The summed E-state index contributed by atoms with van der Waals surface area (Å²) in [5.41, 5.74) is 8.36. The number of amides is 1. The van der Waals surface area contributed by atoms with Crippen LogP contribution in [0.4, 0.5) is 0 Å². The van der Waals surface area contributed by atoms with Gasteiger partial charge < -0.3 is 11.1 Å². The van der Waals surface area contributed by atoms with Crippen molar-refractivity contribution >= 4 is 5.91 Å². The number of carbonyl (C=O) groups excluding carboxylic acids is 1. The summed E-state index contributed by atoms with van der Waals surface area (Å²) in [5.74, 6) is -0.00978. The van der Waals surface area contributed by atoms with Gasteiger partial charge in [-0.05, 0) is 24.2 Å². The highest BCUT2D eigenvalue weighted by Gasteiger charge is 2.19. The maximum absolute atomic E-state index is 12.4. The Morgan fingerprint density at radius 1 is 0.960 bits per heavy atom. The van der Waals surface area contributed by atoms with Gasteiger partial charge in [0.15, 0.2) is 0 Å². The summed E-state index contributed by atoms with van der Waals surface area (Å²) in [6, 6.07) is 20.0. The fourth-order valence-corrected chi connectivity index (χ4v) is 3.10.